The molecule has 0 bridgehead atoms. The number of primary amides is 1. The average molecular weight is 502 g/mol. The smallest absolute Gasteiger partial charge is 0.305 e. The van der Waals surface area contributed by atoms with Crippen molar-refractivity contribution in [3.05, 3.63) is 0 Å². The lowest BCUT2D eigenvalue weighted by molar-refractivity contribution is -0.140. The number of aliphatic carboxylic acids is 1. The van der Waals surface area contributed by atoms with Gasteiger partial charge < -0.3 is 44.0 Å². The van der Waals surface area contributed by atoms with Gasteiger partial charge in [-0.2, -0.15) is 0 Å². The molecule has 0 fully saturated rings. The van der Waals surface area contributed by atoms with Gasteiger partial charge in [-0.05, 0) is 64.0 Å². The van der Waals surface area contributed by atoms with Crippen LogP contribution in [0.4, 0.5) is 0 Å². The summed E-state index contributed by atoms with van der Waals surface area (Å²) in [6.07, 6.45) is 2.62. The molecule has 13 heteroatoms. The van der Waals surface area contributed by atoms with Crippen LogP contribution >= 0.6 is 0 Å². The van der Waals surface area contributed by atoms with E-state index in [2.05, 4.69) is 16.0 Å². The number of nitrogens with one attached hydrogen (secondary N) is 3. The Morgan fingerprint density at radius 3 is 1.66 bits per heavy atom. The fourth-order valence-corrected chi connectivity index (χ4v) is 3.35. The van der Waals surface area contributed by atoms with Crippen LogP contribution in [0.3, 0.4) is 0 Å². The van der Waals surface area contributed by atoms with E-state index in [4.69, 9.17) is 28.0 Å². The predicted octanol–water partition coefficient (Wildman–Crippen LogP) is -1.97. The minimum Gasteiger partial charge on any atom is -0.481 e. The molecule has 0 unspecified atom stereocenters. The molecule has 0 spiro atoms. The molecular formula is C22H43N7O6. The molecule has 0 aliphatic carbocycles. The number of unbranched alkanes of at least 4 members (excludes halogenated alkanes) is 2. The Morgan fingerprint density at radius 1 is 0.743 bits per heavy atom. The SMILES string of the molecule is CC(C)C[C@H](NC(=O)[C@@H](N)CC(=O)O)C(=O)N[C@@H](CCCCN)C(=O)N[C@@H](CCCCN)C(N)=O. The third kappa shape index (κ3) is 14.3. The van der Waals surface area contributed by atoms with Crippen LogP contribution in [0, 0.1) is 5.92 Å². The summed E-state index contributed by atoms with van der Waals surface area (Å²) < 4.78 is 0. The Morgan fingerprint density at radius 2 is 1.20 bits per heavy atom. The largest absolute Gasteiger partial charge is 0.481 e. The summed E-state index contributed by atoms with van der Waals surface area (Å²) in [7, 11) is 0. The molecule has 0 radical (unpaired) electrons. The van der Waals surface area contributed by atoms with E-state index < -0.39 is 60.2 Å². The number of amides is 4. The fraction of sp³-hybridized carbons (Fsp3) is 0.773. The minimum atomic E-state index is -1.33. The average Bonchev–Trinajstić information content (AvgIpc) is 2.76. The molecule has 0 aromatic heterocycles. The van der Waals surface area contributed by atoms with Gasteiger partial charge in [-0.3, -0.25) is 24.0 Å². The zero-order valence-electron chi connectivity index (χ0n) is 20.8. The standard InChI is InChI=1S/C22H43N7O6/c1-13(2)11-17(29-20(33)14(25)12-18(30)31)22(35)28-16(8-4-6-10-24)21(34)27-15(19(26)32)7-3-5-9-23/h13-17H,3-12,23-25H2,1-2H3,(H2,26,32)(H,27,34)(H,28,35)(H,29,33)(H,30,31)/t14-,15-,16-,17-/m0/s1. The van der Waals surface area contributed by atoms with E-state index >= 15 is 0 Å². The van der Waals surface area contributed by atoms with Crippen molar-refractivity contribution in [2.45, 2.75) is 89.4 Å². The van der Waals surface area contributed by atoms with Crippen molar-refractivity contribution in [2.24, 2.45) is 28.9 Å². The van der Waals surface area contributed by atoms with E-state index in [-0.39, 0.29) is 18.8 Å². The van der Waals surface area contributed by atoms with Crippen LogP contribution < -0.4 is 38.9 Å². The van der Waals surface area contributed by atoms with Crippen LogP contribution in [-0.2, 0) is 24.0 Å². The highest BCUT2D eigenvalue weighted by Crippen LogP contribution is 2.09. The fourth-order valence-electron chi connectivity index (χ4n) is 3.35. The third-order valence-corrected chi connectivity index (χ3v) is 5.26. The monoisotopic (exact) mass is 501 g/mol. The maximum atomic E-state index is 13.0. The number of rotatable bonds is 19. The van der Waals surface area contributed by atoms with Crippen LogP contribution in [0.2, 0.25) is 0 Å². The summed E-state index contributed by atoms with van der Waals surface area (Å²) in [5.74, 6) is -3.94. The molecule has 0 saturated carbocycles. The summed E-state index contributed by atoms with van der Waals surface area (Å²) in [5, 5.41) is 16.6. The van der Waals surface area contributed by atoms with Crippen LogP contribution in [0.5, 0.6) is 0 Å². The third-order valence-electron chi connectivity index (χ3n) is 5.26. The Balaban J connectivity index is 5.48. The maximum Gasteiger partial charge on any atom is 0.305 e. The van der Waals surface area contributed by atoms with Gasteiger partial charge in [0.1, 0.15) is 18.1 Å². The van der Waals surface area contributed by atoms with Crippen molar-refractivity contribution in [1.82, 2.24) is 16.0 Å². The zero-order chi connectivity index (χ0) is 27.0. The van der Waals surface area contributed by atoms with Crippen LogP contribution in [0.15, 0.2) is 0 Å². The van der Waals surface area contributed by atoms with Crippen molar-refractivity contribution >= 4 is 29.6 Å². The molecule has 12 N–H and O–H groups in total. The van der Waals surface area contributed by atoms with Crippen molar-refractivity contribution in [3.8, 4) is 0 Å². The number of carbonyl (C=O) groups is 5. The number of hydrogen-bond acceptors (Lipinski definition) is 8. The van der Waals surface area contributed by atoms with Crippen LogP contribution in [-0.4, -0.2) is 72.0 Å². The van der Waals surface area contributed by atoms with E-state index in [9.17, 15) is 24.0 Å². The Kier molecular flexibility index (Phi) is 16.2. The number of carboxylic acid groups (broad SMARTS) is 1. The highest BCUT2D eigenvalue weighted by Gasteiger charge is 2.30. The predicted molar refractivity (Wildman–Crippen MR) is 130 cm³/mol. The number of carbonyl (C=O) groups excluding carboxylic acids is 4. The normalized spacial score (nSPS) is 14.5. The first-order valence-electron chi connectivity index (χ1n) is 12.0. The van der Waals surface area contributed by atoms with Gasteiger partial charge in [0.15, 0.2) is 0 Å². The van der Waals surface area contributed by atoms with Gasteiger partial charge in [-0.15, -0.1) is 0 Å². The number of hydrogen-bond donors (Lipinski definition) is 8. The first-order valence-corrected chi connectivity index (χ1v) is 12.0. The summed E-state index contributed by atoms with van der Waals surface area (Å²) >= 11 is 0. The molecule has 0 aromatic carbocycles. The van der Waals surface area contributed by atoms with Gasteiger partial charge in [0.2, 0.25) is 23.6 Å². The molecule has 35 heavy (non-hydrogen) atoms. The Hall–Kier alpha value is -2.77. The minimum absolute atomic E-state index is 0.00643. The molecule has 13 nitrogen and oxygen atoms in total. The molecule has 4 amide bonds. The molecule has 0 saturated heterocycles. The molecule has 202 valence electrons. The summed E-state index contributed by atoms with van der Waals surface area (Å²) in [6, 6.07) is -4.28. The summed E-state index contributed by atoms with van der Waals surface area (Å²) in [5.41, 5.74) is 22.0. The second-order valence-electron chi connectivity index (χ2n) is 8.99. The molecule has 4 atom stereocenters. The van der Waals surface area contributed by atoms with Gasteiger partial charge >= 0.3 is 5.97 Å². The highest BCUT2D eigenvalue weighted by atomic mass is 16.4. The van der Waals surface area contributed by atoms with E-state index in [0.29, 0.717) is 45.2 Å². The lowest BCUT2D eigenvalue weighted by Gasteiger charge is -2.26. The second-order valence-corrected chi connectivity index (χ2v) is 8.99. The van der Waals surface area contributed by atoms with Gasteiger partial charge in [-0.1, -0.05) is 13.8 Å². The quantitative estimate of drug-likeness (QED) is 0.0913. The second kappa shape index (κ2) is 17.6. The summed E-state index contributed by atoms with van der Waals surface area (Å²) in [6.45, 7) is 4.52. The molecule has 0 rings (SSSR count). The first kappa shape index (κ1) is 32.2. The molecule has 0 aromatic rings. The van der Waals surface area contributed by atoms with Crippen molar-refractivity contribution < 1.29 is 29.1 Å². The maximum absolute atomic E-state index is 13.0. The van der Waals surface area contributed by atoms with E-state index in [1.165, 1.54) is 0 Å². The lowest BCUT2D eigenvalue weighted by Crippen LogP contribution is -2.57. The molecule has 0 heterocycles. The number of carboxylic acids is 1. The van der Waals surface area contributed by atoms with E-state index in [1.807, 2.05) is 13.8 Å². The Labute approximate surface area is 206 Å². The molecular weight excluding hydrogens is 458 g/mol. The van der Waals surface area contributed by atoms with Crippen LogP contribution in [0.1, 0.15) is 65.2 Å². The van der Waals surface area contributed by atoms with Crippen molar-refractivity contribution in [2.75, 3.05) is 13.1 Å². The van der Waals surface area contributed by atoms with Crippen molar-refractivity contribution in [3.63, 3.8) is 0 Å². The van der Waals surface area contributed by atoms with E-state index in [1.54, 1.807) is 0 Å². The summed E-state index contributed by atoms with van der Waals surface area (Å²) in [4.78, 5) is 61.0. The van der Waals surface area contributed by atoms with Crippen LogP contribution in [0.25, 0.3) is 0 Å². The van der Waals surface area contributed by atoms with Gasteiger partial charge in [0.25, 0.3) is 0 Å². The number of nitrogens with two attached hydrogens (primary N) is 4. The van der Waals surface area contributed by atoms with Crippen molar-refractivity contribution in [1.29, 1.82) is 0 Å². The van der Waals surface area contributed by atoms with Gasteiger partial charge in [0.05, 0.1) is 12.5 Å². The van der Waals surface area contributed by atoms with E-state index in [0.717, 1.165) is 0 Å². The van der Waals surface area contributed by atoms with Gasteiger partial charge in [0, 0.05) is 0 Å². The lowest BCUT2D eigenvalue weighted by atomic mass is 10.0. The zero-order valence-corrected chi connectivity index (χ0v) is 20.8. The topological polar surface area (TPSA) is 246 Å². The first-order chi connectivity index (χ1) is 16.4. The molecule has 0 aliphatic rings. The Bertz CT molecular complexity index is 704. The molecule has 0 aliphatic heterocycles. The van der Waals surface area contributed by atoms with Gasteiger partial charge in [-0.25, -0.2) is 0 Å². The highest BCUT2D eigenvalue weighted by molar-refractivity contribution is 5.95.